The first-order valence-electron chi connectivity index (χ1n) is 9.08. The van der Waals surface area contributed by atoms with Crippen LogP contribution in [-0.4, -0.2) is 49.0 Å². The molecule has 142 valence electrons. The quantitative estimate of drug-likeness (QED) is 0.603. The largest absolute Gasteiger partial charge is 0.342 e. The molecule has 1 aliphatic heterocycles. The Morgan fingerprint density at radius 1 is 1.26 bits per heavy atom. The van der Waals surface area contributed by atoms with Crippen molar-refractivity contribution in [2.45, 2.75) is 42.9 Å². The van der Waals surface area contributed by atoms with Crippen molar-refractivity contribution in [3.8, 4) is 10.7 Å². The van der Waals surface area contributed by atoms with E-state index in [0.717, 1.165) is 32.4 Å². The second kappa shape index (κ2) is 7.93. The number of aromatic nitrogens is 4. The number of thioether (sulfide) groups is 1. The van der Waals surface area contributed by atoms with Crippen LogP contribution >= 0.6 is 23.1 Å². The van der Waals surface area contributed by atoms with Crippen LogP contribution in [0.4, 0.5) is 4.39 Å². The normalized spacial score (nSPS) is 16.0. The Bertz CT molecular complexity index is 950. The number of halogens is 1. The third kappa shape index (κ3) is 3.70. The molecule has 0 unspecified atom stereocenters. The number of nitrogens with zero attached hydrogens (tertiary/aromatic N) is 5. The fraction of sp³-hybridized carbons (Fsp3) is 0.444. The molecule has 1 atom stereocenters. The molecule has 1 amide bonds. The standard InChI is InChI=1S/C18H20FN5OS2/c1-2-13(18(25)23-9-4-3-5-10-23)27-15-7-6-14-20-21-17(24(14)22-15)16-12(19)8-11-26-16/h6-8,11,13H,2-5,9-10H2,1H3/t13-/m1/s1. The predicted octanol–water partition coefficient (Wildman–Crippen LogP) is 3.88. The van der Waals surface area contributed by atoms with Crippen molar-refractivity contribution >= 4 is 34.7 Å². The van der Waals surface area contributed by atoms with Gasteiger partial charge in [0.15, 0.2) is 11.5 Å². The smallest absolute Gasteiger partial charge is 0.236 e. The number of amides is 1. The predicted molar refractivity (Wildman–Crippen MR) is 104 cm³/mol. The van der Waals surface area contributed by atoms with Gasteiger partial charge in [-0.15, -0.1) is 21.5 Å². The third-order valence-corrected chi connectivity index (χ3v) is 6.80. The van der Waals surface area contributed by atoms with Crippen LogP contribution in [0.1, 0.15) is 32.6 Å². The summed E-state index contributed by atoms with van der Waals surface area (Å²) < 4.78 is 15.5. The van der Waals surface area contributed by atoms with Gasteiger partial charge in [0, 0.05) is 13.1 Å². The molecule has 0 bridgehead atoms. The summed E-state index contributed by atoms with van der Waals surface area (Å²) in [6.45, 7) is 3.70. The number of rotatable bonds is 5. The lowest BCUT2D eigenvalue weighted by Crippen LogP contribution is -2.40. The Kier molecular flexibility index (Phi) is 5.40. The Morgan fingerprint density at radius 3 is 2.78 bits per heavy atom. The van der Waals surface area contributed by atoms with Crippen LogP contribution in [0.15, 0.2) is 28.6 Å². The lowest BCUT2D eigenvalue weighted by molar-refractivity contribution is -0.131. The van der Waals surface area contributed by atoms with Crippen LogP contribution in [0, 0.1) is 5.82 Å². The summed E-state index contributed by atoms with van der Waals surface area (Å²) in [5.74, 6) is 0.230. The Labute approximate surface area is 164 Å². The average molecular weight is 406 g/mol. The summed E-state index contributed by atoms with van der Waals surface area (Å²) in [6.07, 6.45) is 4.08. The highest BCUT2D eigenvalue weighted by Crippen LogP contribution is 2.29. The molecule has 6 nitrogen and oxygen atoms in total. The highest BCUT2D eigenvalue weighted by atomic mass is 32.2. The van der Waals surface area contributed by atoms with E-state index >= 15 is 0 Å². The number of hydrogen-bond acceptors (Lipinski definition) is 6. The van der Waals surface area contributed by atoms with Gasteiger partial charge in [-0.05, 0) is 49.3 Å². The molecule has 4 heterocycles. The van der Waals surface area contributed by atoms with Crippen molar-refractivity contribution < 1.29 is 9.18 Å². The molecule has 0 aromatic carbocycles. The number of fused-ring (bicyclic) bond motifs is 1. The first kappa shape index (κ1) is 18.4. The monoisotopic (exact) mass is 405 g/mol. The van der Waals surface area contributed by atoms with Crippen molar-refractivity contribution in [1.82, 2.24) is 24.7 Å². The van der Waals surface area contributed by atoms with Gasteiger partial charge < -0.3 is 4.90 Å². The lowest BCUT2D eigenvalue weighted by Gasteiger charge is -2.29. The van der Waals surface area contributed by atoms with Crippen LogP contribution in [0.5, 0.6) is 0 Å². The van der Waals surface area contributed by atoms with Crippen LogP contribution in [0.2, 0.25) is 0 Å². The number of piperidine rings is 1. The molecule has 9 heteroatoms. The minimum absolute atomic E-state index is 0.175. The number of likely N-dealkylation sites (tertiary alicyclic amines) is 1. The first-order chi connectivity index (χ1) is 13.2. The third-order valence-electron chi connectivity index (χ3n) is 4.64. The number of thiophene rings is 1. The zero-order chi connectivity index (χ0) is 18.8. The average Bonchev–Trinajstić information content (AvgIpc) is 3.31. The van der Waals surface area contributed by atoms with E-state index in [1.54, 1.807) is 16.0 Å². The van der Waals surface area contributed by atoms with Gasteiger partial charge >= 0.3 is 0 Å². The summed E-state index contributed by atoms with van der Waals surface area (Å²) in [5, 5.41) is 14.9. The number of carbonyl (C=O) groups excluding carboxylic acids is 1. The molecule has 3 aromatic heterocycles. The van der Waals surface area contributed by atoms with Crippen LogP contribution < -0.4 is 0 Å². The van der Waals surface area contributed by atoms with Crippen LogP contribution in [0.25, 0.3) is 16.3 Å². The molecule has 0 aliphatic carbocycles. The Morgan fingerprint density at radius 2 is 2.07 bits per heavy atom. The second-order valence-electron chi connectivity index (χ2n) is 6.46. The van der Waals surface area contributed by atoms with Gasteiger partial charge in [-0.3, -0.25) is 4.79 Å². The molecule has 1 fully saturated rings. The van der Waals surface area contributed by atoms with Gasteiger partial charge in [0.05, 0.1) is 5.25 Å². The van der Waals surface area contributed by atoms with Crippen molar-refractivity contribution in [2.75, 3.05) is 13.1 Å². The van der Waals surface area contributed by atoms with Crippen molar-refractivity contribution in [3.05, 3.63) is 29.4 Å². The maximum absolute atomic E-state index is 14.0. The van der Waals surface area contributed by atoms with E-state index < -0.39 is 0 Å². The van der Waals surface area contributed by atoms with Crippen LogP contribution in [0.3, 0.4) is 0 Å². The topological polar surface area (TPSA) is 63.4 Å². The molecule has 27 heavy (non-hydrogen) atoms. The molecule has 1 aliphatic rings. The van der Waals surface area contributed by atoms with Crippen molar-refractivity contribution in [1.29, 1.82) is 0 Å². The molecule has 0 N–H and O–H groups in total. The summed E-state index contributed by atoms with van der Waals surface area (Å²) in [5.41, 5.74) is 0.553. The van der Waals surface area contributed by atoms with Gasteiger partial charge in [-0.1, -0.05) is 18.7 Å². The minimum Gasteiger partial charge on any atom is -0.342 e. The van der Waals surface area contributed by atoms with E-state index in [1.807, 2.05) is 17.9 Å². The molecule has 1 saturated heterocycles. The summed E-state index contributed by atoms with van der Waals surface area (Å²) in [4.78, 5) is 15.2. The maximum Gasteiger partial charge on any atom is 0.236 e. The number of hydrogen-bond donors (Lipinski definition) is 0. The summed E-state index contributed by atoms with van der Waals surface area (Å²) in [6, 6.07) is 5.05. The molecule has 0 saturated carbocycles. The maximum atomic E-state index is 14.0. The Hall–Kier alpha value is -2.00. The second-order valence-corrected chi connectivity index (χ2v) is 8.60. The molecule has 4 rings (SSSR count). The van der Waals surface area contributed by atoms with Crippen LogP contribution in [-0.2, 0) is 4.79 Å². The van der Waals surface area contributed by atoms with E-state index in [9.17, 15) is 9.18 Å². The van der Waals surface area contributed by atoms with E-state index in [0.29, 0.717) is 21.4 Å². The fourth-order valence-electron chi connectivity index (χ4n) is 3.20. The van der Waals surface area contributed by atoms with E-state index in [-0.39, 0.29) is 17.0 Å². The highest BCUT2D eigenvalue weighted by molar-refractivity contribution is 8.00. The van der Waals surface area contributed by atoms with Gasteiger partial charge in [0.1, 0.15) is 15.7 Å². The molecule has 3 aromatic rings. The minimum atomic E-state index is -0.333. The zero-order valence-corrected chi connectivity index (χ0v) is 16.6. The van der Waals surface area contributed by atoms with Crippen molar-refractivity contribution in [3.63, 3.8) is 0 Å². The SMILES string of the molecule is CC[C@@H](Sc1ccc2nnc(-c3sccc3F)n2n1)C(=O)N1CCCCC1. The number of carbonyl (C=O) groups is 1. The van der Waals surface area contributed by atoms with E-state index in [4.69, 9.17) is 0 Å². The van der Waals surface area contributed by atoms with E-state index in [2.05, 4.69) is 15.3 Å². The van der Waals surface area contributed by atoms with Gasteiger partial charge in [-0.2, -0.15) is 9.61 Å². The Balaban J connectivity index is 1.59. The lowest BCUT2D eigenvalue weighted by atomic mass is 10.1. The fourth-order valence-corrected chi connectivity index (χ4v) is 4.92. The summed E-state index contributed by atoms with van der Waals surface area (Å²) in [7, 11) is 0. The molecular formula is C18H20FN5OS2. The first-order valence-corrected chi connectivity index (χ1v) is 10.8. The highest BCUT2D eigenvalue weighted by Gasteiger charge is 2.26. The summed E-state index contributed by atoms with van der Waals surface area (Å²) >= 11 is 2.71. The van der Waals surface area contributed by atoms with Gasteiger partial charge in [0.2, 0.25) is 5.91 Å². The van der Waals surface area contributed by atoms with Crippen molar-refractivity contribution in [2.24, 2.45) is 0 Å². The molecule has 0 spiro atoms. The van der Waals surface area contributed by atoms with Gasteiger partial charge in [-0.25, -0.2) is 4.39 Å². The van der Waals surface area contributed by atoms with E-state index in [1.165, 1.54) is 35.6 Å². The zero-order valence-electron chi connectivity index (χ0n) is 15.0. The molecular weight excluding hydrogens is 385 g/mol. The molecule has 0 radical (unpaired) electrons. The van der Waals surface area contributed by atoms with Gasteiger partial charge in [0.25, 0.3) is 0 Å².